The molecule has 2 aliphatic rings. The van der Waals surface area contributed by atoms with E-state index >= 15 is 0 Å². The van der Waals surface area contributed by atoms with Crippen molar-refractivity contribution in [1.82, 2.24) is 15.7 Å². The van der Waals surface area contributed by atoms with Crippen molar-refractivity contribution < 1.29 is 42.9 Å². The highest BCUT2D eigenvalue weighted by atomic mass is 31.3. The standard InChI is InChI=1S/C11H16N2O11P2.H3N/c14-7-1-2-13(10(17)12-7)11-3-6(11)5(8(15)9(11)16)4-23-26(21,22)24-25(18,19)20;/h1-2,5-6,8-9,15-16H,3-4H2,(H,21,22)(H,12,14,17)(H2,18,19,20);1H3/t5-,6-,8+,9+,11-;/m0./s1. The van der Waals surface area contributed by atoms with E-state index in [9.17, 15) is 33.8 Å². The van der Waals surface area contributed by atoms with Crippen molar-refractivity contribution in [2.75, 3.05) is 6.61 Å². The largest absolute Gasteiger partial charge is 0.481 e. The molecule has 0 aliphatic heterocycles. The maximum Gasteiger partial charge on any atom is 0.481 e. The Balaban J connectivity index is 0.00000261. The van der Waals surface area contributed by atoms with Crippen LogP contribution in [0.1, 0.15) is 6.42 Å². The molecule has 27 heavy (non-hydrogen) atoms. The van der Waals surface area contributed by atoms with Crippen molar-refractivity contribution in [3.05, 3.63) is 33.1 Å². The average molecular weight is 431 g/mol. The van der Waals surface area contributed by atoms with Crippen LogP contribution < -0.4 is 17.4 Å². The summed E-state index contributed by atoms with van der Waals surface area (Å²) in [5.41, 5.74) is -2.63. The third-order valence-corrected chi connectivity index (χ3v) is 6.88. The number of fused-ring (bicyclic) bond motifs is 1. The summed E-state index contributed by atoms with van der Waals surface area (Å²) in [7, 11) is -10.4. The minimum Gasteiger partial charge on any atom is -0.390 e. The molecule has 1 heterocycles. The van der Waals surface area contributed by atoms with E-state index in [0.717, 1.165) is 10.6 Å². The van der Waals surface area contributed by atoms with Gasteiger partial charge in [-0.2, -0.15) is 4.31 Å². The number of aromatic amines is 1. The van der Waals surface area contributed by atoms with E-state index in [1.54, 1.807) is 0 Å². The normalized spacial score (nSPS) is 34.4. The summed E-state index contributed by atoms with van der Waals surface area (Å²) < 4.78 is 31.4. The fourth-order valence-corrected chi connectivity index (χ4v) is 5.27. The van der Waals surface area contributed by atoms with Crippen LogP contribution in [0.2, 0.25) is 0 Å². The first-order valence-corrected chi connectivity index (χ1v) is 10.3. The van der Waals surface area contributed by atoms with E-state index in [4.69, 9.17) is 9.79 Å². The molecule has 0 radical (unpaired) electrons. The van der Waals surface area contributed by atoms with Gasteiger partial charge in [0.05, 0.1) is 18.2 Å². The van der Waals surface area contributed by atoms with Crippen LogP contribution in [0.5, 0.6) is 0 Å². The molecule has 9 N–H and O–H groups in total. The number of hydrogen-bond acceptors (Lipinski definition) is 9. The lowest BCUT2D eigenvalue weighted by molar-refractivity contribution is -0.0281. The van der Waals surface area contributed by atoms with E-state index in [1.165, 1.54) is 6.20 Å². The van der Waals surface area contributed by atoms with Crippen molar-refractivity contribution in [2.45, 2.75) is 24.2 Å². The minimum absolute atomic E-state index is 0. The third-order valence-electron chi connectivity index (χ3n) is 4.73. The van der Waals surface area contributed by atoms with Gasteiger partial charge in [0.2, 0.25) is 0 Å². The van der Waals surface area contributed by atoms with E-state index in [2.05, 4.69) is 8.83 Å². The lowest BCUT2D eigenvalue weighted by Gasteiger charge is -2.24. The fourth-order valence-electron chi connectivity index (χ4n) is 3.64. The highest BCUT2D eigenvalue weighted by Gasteiger charge is 2.72. The molecule has 6 atom stereocenters. The summed E-state index contributed by atoms with van der Waals surface area (Å²) in [4.78, 5) is 51.6. The van der Waals surface area contributed by atoms with E-state index < -0.39 is 63.1 Å². The maximum absolute atomic E-state index is 12.0. The Hall–Kier alpha value is -1.18. The number of aliphatic hydroxyl groups excluding tert-OH is 2. The molecule has 2 aliphatic carbocycles. The molecule has 0 aromatic carbocycles. The molecule has 2 saturated carbocycles. The first-order valence-electron chi connectivity index (χ1n) is 7.30. The Morgan fingerprint density at radius 3 is 2.44 bits per heavy atom. The Morgan fingerprint density at radius 2 is 1.89 bits per heavy atom. The molecule has 0 amide bonds. The van der Waals surface area contributed by atoms with Gasteiger partial charge in [-0.15, -0.1) is 0 Å². The van der Waals surface area contributed by atoms with Gasteiger partial charge in [-0.3, -0.25) is 18.9 Å². The lowest BCUT2D eigenvalue weighted by atomic mass is 10.0. The van der Waals surface area contributed by atoms with E-state index in [1.807, 2.05) is 4.98 Å². The molecule has 14 nitrogen and oxygen atoms in total. The minimum atomic E-state index is -5.28. The SMILES string of the molecule is N.O=c1ccn([C@@]23C[C@H]2[C@H](COP(=O)(O)OP(=O)(O)O)[C@@H](O)[C@H]3O)c(=O)[nH]1. The molecule has 0 saturated heterocycles. The Labute approximate surface area is 150 Å². The molecule has 0 spiro atoms. The number of nitrogens with zero attached hydrogens (tertiary/aromatic N) is 1. The zero-order chi connectivity index (χ0) is 19.5. The fraction of sp³-hybridized carbons (Fsp3) is 0.636. The van der Waals surface area contributed by atoms with Gasteiger partial charge in [0.25, 0.3) is 5.56 Å². The monoisotopic (exact) mass is 431 g/mol. The molecular formula is C11H19N3O11P2. The van der Waals surface area contributed by atoms with Gasteiger partial charge in [0.15, 0.2) is 0 Å². The Bertz CT molecular complexity index is 925. The van der Waals surface area contributed by atoms with Gasteiger partial charge in [0.1, 0.15) is 6.10 Å². The molecule has 2 fully saturated rings. The summed E-state index contributed by atoms with van der Waals surface area (Å²) in [5, 5.41) is 20.5. The Morgan fingerprint density at radius 1 is 1.26 bits per heavy atom. The van der Waals surface area contributed by atoms with Gasteiger partial charge in [-0.25, -0.2) is 13.9 Å². The van der Waals surface area contributed by atoms with Crippen LogP contribution in [0.15, 0.2) is 21.9 Å². The summed E-state index contributed by atoms with van der Waals surface area (Å²) in [6, 6.07) is 1.07. The predicted molar refractivity (Wildman–Crippen MR) is 86.8 cm³/mol. The zero-order valence-corrected chi connectivity index (χ0v) is 15.4. The second-order valence-corrected chi connectivity index (χ2v) is 9.05. The summed E-state index contributed by atoms with van der Waals surface area (Å²) in [6.07, 6.45) is -1.47. The van der Waals surface area contributed by atoms with Gasteiger partial charge in [-0.05, 0) is 12.3 Å². The van der Waals surface area contributed by atoms with Gasteiger partial charge in [0, 0.05) is 18.2 Å². The molecule has 0 bridgehead atoms. The molecule has 3 rings (SSSR count). The highest BCUT2D eigenvalue weighted by Crippen LogP contribution is 2.65. The van der Waals surface area contributed by atoms with Crippen LogP contribution in [-0.2, 0) is 23.5 Å². The number of phosphoric ester groups is 1. The second kappa shape index (κ2) is 7.01. The summed E-state index contributed by atoms with van der Waals surface area (Å²) in [5.74, 6) is -1.45. The molecule has 1 unspecified atom stereocenters. The van der Waals surface area contributed by atoms with Crippen molar-refractivity contribution in [3.63, 3.8) is 0 Å². The molecule has 16 heteroatoms. The molecule has 1 aromatic rings. The van der Waals surface area contributed by atoms with Crippen molar-refractivity contribution in [2.24, 2.45) is 11.8 Å². The van der Waals surface area contributed by atoms with E-state index in [0.29, 0.717) is 0 Å². The number of hydrogen-bond donors (Lipinski definition) is 7. The molecule has 154 valence electrons. The number of phosphoric acid groups is 2. The number of aliphatic hydroxyl groups is 2. The van der Waals surface area contributed by atoms with E-state index in [-0.39, 0.29) is 12.6 Å². The smallest absolute Gasteiger partial charge is 0.390 e. The molecular weight excluding hydrogens is 412 g/mol. The summed E-state index contributed by atoms with van der Waals surface area (Å²) >= 11 is 0. The quantitative estimate of drug-likeness (QED) is 0.242. The highest BCUT2D eigenvalue weighted by molar-refractivity contribution is 7.60. The van der Waals surface area contributed by atoms with Crippen LogP contribution >= 0.6 is 15.6 Å². The zero-order valence-electron chi connectivity index (χ0n) is 13.6. The number of rotatable bonds is 6. The van der Waals surface area contributed by atoms with Crippen molar-refractivity contribution in [3.8, 4) is 0 Å². The second-order valence-electron chi connectivity index (χ2n) is 6.22. The van der Waals surface area contributed by atoms with Crippen LogP contribution in [0.3, 0.4) is 0 Å². The van der Waals surface area contributed by atoms with Gasteiger partial charge < -0.3 is 31.0 Å². The first-order chi connectivity index (χ1) is 11.9. The average Bonchev–Trinajstić information content (AvgIpc) is 3.15. The molecule has 1 aromatic heterocycles. The lowest BCUT2D eigenvalue weighted by Crippen LogP contribution is -2.44. The van der Waals surface area contributed by atoms with Gasteiger partial charge >= 0.3 is 21.3 Å². The topological polar surface area (TPSA) is 244 Å². The van der Waals surface area contributed by atoms with Crippen LogP contribution in [-0.4, -0.2) is 53.3 Å². The number of aromatic nitrogens is 2. The Kier molecular flexibility index (Phi) is 5.74. The number of H-pyrrole nitrogens is 1. The predicted octanol–water partition coefficient (Wildman–Crippen LogP) is -2.01. The summed E-state index contributed by atoms with van der Waals surface area (Å²) in [6.45, 7) is -0.656. The van der Waals surface area contributed by atoms with Crippen molar-refractivity contribution in [1.29, 1.82) is 0 Å². The van der Waals surface area contributed by atoms with Crippen LogP contribution in [0, 0.1) is 11.8 Å². The van der Waals surface area contributed by atoms with Gasteiger partial charge in [-0.1, -0.05) is 0 Å². The number of nitrogens with one attached hydrogen (secondary N) is 1. The van der Waals surface area contributed by atoms with Crippen LogP contribution in [0.25, 0.3) is 0 Å². The maximum atomic E-state index is 12.0. The van der Waals surface area contributed by atoms with Crippen LogP contribution in [0.4, 0.5) is 0 Å². The van der Waals surface area contributed by atoms with Crippen molar-refractivity contribution >= 4 is 15.6 Å². The third kappa shape index (κ3) is 4.00. The first kappa shape index (κ1) is 22.1.